The Bertz CT molecular complexity index is 1080. The quantitative estimate of drug-likeness (QED) is 0.444. The average molecular weight is 449 g/mol. The fourth-order valence-corrected chi connectivity index (χ4v) is 3.55. The van der Waals surface area contributed by atoms with Crippen molar-refractivity contribution in [3.05, 3.63) is 101 Å². The number of alkyl halides is 6. The minimum Gasteiger partial charge on any atom is -0.347 e. The zero-order chi connectivity index (χ0) is 22.9. The van der Waals surface area contributed by atoms with Gasteiger partial charge >= 0.3 is 12.4 Å². The first kappa shape index (κ1) is 21.7. The molecule has 0 aromatic heterocycles. The Morgan fingerprint density at radius 2 is 1.19 bits per heavy atom. The van der Waals surface area contributed by atoms with Crippen molar-refractivity contribution in [3.63, 3.8) is 0 Å². The zero-order valence-corrected chi connectivity index (χ0v) is 16.4. The summed E-state index contributed by atoms with van der Waals surface area (Å²) < 4.78 is 79.1. The van der Waals surface area contributed by atoms with Crippen molar-refractivity contribution in [2.24, 2.45) is 4.99 Å². The summed E-state index contributed by atoms with van der Waals surface area (Å²) in [4.78, 5) is 4.53. The molecule has 1 heterocycles. The number of rotatable bonds is 3. The van der Waals surface area contributed by atoms with Gasteiger partial charge in [0, 0.05) is 5.69 Å². The molecule has 9 heteroatoms. The van der Waals surface area contributed by atoms with E-state index in [1.54, 1.807) is 0 Å². The molecule has 0 saturated heterocycles. The molecule has 3 aromatic carbocycles. The summed E-state index contributed by atoms with van der Waals surface area (Å²) in [6, 6.07) is 19.1. The molecule has 2 N–H and O–H groups in total. The molecule has 0 aliphatic carbocycles. The van der Waals surface area contributed by atoms with E-state index in [4.69, 9.17) is 0 Å². The van der Waals surface area contributed by atoms with Crippen molar-refractivity contribution in [2.75, 3.05) is 5.32 Å². The maximum absolute atomic E-state index is 13.2. The van der Waals surface area contributed by atoms with Crippen LogP contribution < -0.4 is 10.6 Å². The van der Waals surface area contributed by atoms with Crippen molar-refractivity contribution in [2.45, 2.75) is 24.4 Å². The maximum Gasteiger partial charge on any atom is 0.416 e. The standard InChI is InChI=1S/C23H17F6N3/c24-22(25,26)16-11-17(23(27,28)29)13-18(12-16)30-21-31-19(14-7-3-1-4-8-14)20(32-21)15-9-5-2-6-10-15/h1-13,19-20H,(H2,30,31,32)/t19-,20-/m0/s1. The second-order valence-electron chi connectivity index (χ2n) is 7.29. The molecule has 1 aliphatic rings. The lowest BCUT2D eigenvalue weighted by Crippen LogP contribution is -2.30. The highest BCUT2D eigenvalue weighted by Gasteiger charge is 2.37. The van der Waals surface area contributed by atoms with Gasteiger partial charge in [0.15, 0.2) is 5.96 Å². The molecule has 3 aromatic rings. The number of aliphatic imine (C=N–C) groups is 1. The van der Waals surface area contributed by atoms with Crippen molar-refractivity contribution in [1.82, 2.24) is 5.32 Å². The van der Waals surface area contributed by atoms with E-state index in [1.807, 2.05) is 60.7 Å². The second-order valence-corrected chi connectivity index (χ2v) is 7.29. The van der Waals surface area contributed by atoms with E-state index in [0.717, 1.165) is 11.1 Å². The van der Waals surface area contributed by atoms with E-state index in [0.29, 0.717) is 12.1 Å². The number of nitrogens with zero attached hydrogens (tertiary/aromatic N) is 1. The van der Waals surface area contributed by atoms with Crippen LogP contribution >= 0.6 is 0 Å². The average Bonchev–Trinajstić information content (AvgIpc) is 3.17. The first-order chi connectivity index (χ1) is 15.1. The van der Waals surface area contributed by atoms with Crippen LogP contribution in [-0.4, -0.2) is 5.96 Å². The van der Waals surface area contributed by atoms with Crippen molar-refractivity contribution < 1.29 is 26.3 Å². The number of guanidine groups is 1. The highest BCUT2D eigenvalue weighted by Crippen LogP contribution is 2.39. The molecule has 0 spiro atoms. The van der Waals surface area contributed by atoms with Crippen molar-refractivity contribution >= 4 is 11.6 Å². The summed E-state index contributed by atoms with van der Waals surface area (Å²) in [5, 5.41) is 5.70. The van der Waals surface area contributed by atoms with Crippen LogP contribution in [0.5, 0.6) is 0 Å². The molecule has 0 fully saturated rings. The summed E-state index contributed by atoms with van der Waals surface area (Å²) >= 11 is 0. The summed E-state index contributed by atoms with van der Waals surface area (Å²) in [7, 11) is 0. The van der Waals surface area contributed by atoms with Crippen molar-refractivity contribution in [3.8, 4) is 0 Å². The van der Waals surface area contributed by atoms with Crippen LogP contribution in [0.4, 0.5) is 32.0 Å². The Kier molecular flexibility index (Phi) is 5.58. The number of anilines is 1. The van der Waals surface area contributed by atoms with Gasteiger partial charge in [-0.25, -0.2) is 4.99 Å². The zero-order valence-electron chi connectivity index (χ0n) is 16.4. The van der Waals surface area contributed by atoms with Gasteiger partial charge in [-0.05, 0) is 29.3 Å². The highest BCUT2D eigenvalue weighted by molar-refractivity contribution is 5.95. The lowest BCUT2D eigenvalue weighted by molar-refractivity contribution is -0.143. The van der Waals surface area contributed by atoms with E-state index >= 15 is 0 Å². The van der Waals surface area contributed by atoms with Gasteiger partial charge in [-0.15, -0.1) is 0 Å². The van der Waals surface area contributed by atoms with Gasteiger partial charge in [-0.2, -0.15) is 26.3 Å². The molecule has 0 bridgehead atoms. The summed E-state index contributed by atoms with van der Waals surface area (Å²) in [6.45, 7) is 0. The molecule has 32 heavy (non-hydrogen) atoms. The predicted molar refractivity (Wildman–Crippen MR) is 109 cm³/mol. The van der Waals surface area contributed by atoms with Crippen LogP contribution in [0, 0.1) is 0 Å². The van der Waals surface area contributed by atoms with E-state index in [2.05, 4.69) is 15.6 Å². The van der Waals surface area contributed by atoms with Gasteiger partial charge in [-0.3, -0.25) is 0 Å². The van der Waals surface area contributed by atoms with Gasteiger partial charge in [0.2, 0.25) is 0 Å². The molecule has 0 saturated carbocycles. The number of nitrogens with one attached hydrogen (secondary N) is 2. The number of hydrogen-bond donors (Lipinski definition) is 2. The van der Waals surface area contributed by atoms with Gasteiger partial charge in [0.05, 0.1) is 17.2 Å². The van der Waals surface area contributed by atoms with Gasteiger partial charge < -0.3 is 10.6 Å². The lowest BCUT2D eigenvalue weighted by atomic mass is 9.95. The Morgan fingerprint density at radius 3 is 1.69 bits per heavy atom. The number of halogens is 6. The fraction of sp³-hybridized carbons (Fsp3) is 0.174. The minimum absolute atomic E-state index is 0.0835. The SMILES string of the molecule is FC(F)(F)c1cc(NC2=N[C@@H](c3ccccc3)[C@H](c3ccccc3)N2)cc(C(F)(F)F)c1. The Labute approximate surface area is 179 Å². The van der Waals surface area contributed by atoms with Gasteiger partial charge in [0.25, 0.3) is 0 Å². The second kappa shape index (κ2) is 8.22. The third kappa shape index (κ3) is 4.71. The normalized spacial score (nSPS) is 18.8. The van der Waals surface area contributed by atoms with E-state index in [9.17, 15) is 26.3 Å². The highest BCUT2D eigenvalue weighted by atomic mass is 19.4. The Morgan fingerprint density at radius 1 is 0.688 bits per heavy atom. The number of hydrogen-bond acceptors (Lipinski definition) is 3. The van der Waals surface area contributed by atoms with Crippen LogP contribution in [-0.2, 0) is 12.4 Å². The van der Waals surface area contributed by atoms with Crippen LogP contribution in [0.15, 0.2) is 83.9 Å². The van der Waals surface area contributed by atoms with E-state index in [-0.39, 0.29) is 23.8 Å². The molecule has 0 amide bonds. The maximum atomic E-state index is 13.2. The van der Waals surface area contributed by atoms with Gasteiger partial charge in [-0.1, -0.05) is 60.7 Å². The summed E-state index contributed by atoms with van der Waals surface area (Å²) in [5.41, 5.74) is -1.42. The third-order valence-electron chi connectivity index (χ3n) is 5.03. The molecule has 166 valence electrons. The third-order valence-corrected chi connectivity index (χ3v) is 5.03. The molecule has 0 radical (unpaired) electrons. The minimum atomic E-state index is -4.93. The smallest absolute Gasteiger partial charge is 0.347 e. The Hall–Kier alpha value is -3.49. The first-order valence-electron chi connectivity index (χ1n) is 9.62. The van der Waals surface area contributed by atoms with Crippen LogP contribution in [0.3, 0.4) is 0 Å². The molecule has 0 unspecified atom stereocenters. The van der Waals surface area contributed by atoms with Gasteiger partial charge in [0.1, 0.15) is 6.04 Å². The fourth-order valence-electron chi connectivity index (χ4n) is 3.55. The molecule has 1 aliphatic heterocycles. The topological polar surface area (TPSA) is 36.4 Å². The predicted octanol–water partition coefficient (Wildman–Crippen LogP) is 6.58. The first-order valence-corrected chi connectivity index (χ1v) is 9.62. The van der Waals surface area contributed by atoms with E-state index < -0.39 is 29.5 Å². The largest absolute Gasteiger partial charge is 0.416 e. The molecule has 4 rings (SSSR count). The van der Waals surface area contributed by atoms with Crippen LogP contribution in [0.25, 0.3) is 0 Å². The summed E-state index contributed by atoms with van der Waals surface area (Å²) in [6.07, 6.45) is -9.86. The lowest BCUT2D eigenvalue weighted by Gasteiger charge is -2.20. The molecular weight excluding hydrogens is 432 g/mol. The molecule has 3 nitrogen and oxygen atoms in total. The van der Waals surface area contributed by atoms with E-state index in [1.165, 1.54) is 0 Å². The number of benzene rings is 3. The van der Waals surface area contributed by atoms with Crippen molar-refractivity contribution in [1.29, 1.82) is 0 Å². The summed E-state index contributed by atoms with van der Waals surface area (Å²) in [5.74, 6) is 0.0835. The monoisotopic (exact) mass is 449 g/mol. The molecular formula is C23H17F6N3. The van der Waals surface area contributed by atoms with Crippen LogP contribution in [0.1, 0.15) is 34.3 Å². The Balaban J connectivity index is 1.70. The van der Waals surface area contributed by atoms with Crippen LogP contribution in [0.2, 0.25) is 0 Å². The molecule has 2 atom stereocenters.